The van der Waals surface area contributed by atoms with E-state index in [9.17, 15) is 4.79 Å². The van der Waals surface area contributed by atoms with E-state index < -0.39 is 5.97 Å². The van der Waals surface area contributed by atoms with Crippen LogP contribution in [0, 0.1) is 6.92 Å². The molecule has 0 spiro atoms. The molecule has 0 aliphatic carbocycles. The minimum absolute atomic E-state index is 0.185. The molecule has 2 rings (SSSR count). The summed E-state index contributed by atoms with van der Waals surface area (Å²) in [6.45, 7) is 1.92. The number of hydrogen-bond acceptors (Lipinski definition) is 4. The lowest BCUT2D eigenvalue weighted by atomic mass is 10.1. The molecule has 0 unspecified atom stereocenters. The molecule has 19 heavy (non-hydrogen) atoms. The Hall–Kier alpha value is -2.56. The van der Waals surface area contributed by atoms with Gasteiger partial charge in [-0.25, -0.2) is 4.79 Å². The first-order chi connectivity index (χ1) is 9.11. The van der Waals surface area contributed by atoms with Crippen molar-refractivity contribution in [1.82, 2.24) is 4.98 Å². The zero-order valence-electron chi connectivity index (χ0n) is 10.7. The molecule has 1 aromatic heterocycles. The van der Waals surface area contributed by atoms with E-state index in [1.54, 1.807) is 7.11 Å². The summed E-state index contributed by atoms with van der Waals surface area (Å²) < 4.78 is 5.13. The average Bonchev–Trinajstić information content (AvgIpc) is 2.41. The van der Waals surface area contributed by atoms with Crippen molar-refractivity contribution >= 4 is 17.3 Å². The number of methoxy groups -OCH3 is 1. The zero-order valence-corrected chi connectivity index (χ0v) is 10.7. The van der Waals surface area contributed by atoms with Crippen LogP contribution >= 0.6 is 0 Å². The summed E-state index contributed by atoms with van der Waals surface area (Å²) in [5, 5.41) is 12.2. The van der Waals surface area contributed by atoms with Gasteiger partial charge in [0, 0.05) is 11.9 Å². The van der Waals surface area contributed by atoms with E-state index in [1.165, 1.54) is 18.5 Å². The summed E-state index contributed by atoms with van der Waals surface area (Å²) >= 11 is 0. The van der Waals surface area contributed by atoms with Crippen molar-refractivity contribution in [2.75, 3.05) is 12.4 Å². The van der Waals surface area contributed by atoms with Gasteiger partial charge in [0.1, 0.15) is 5.75 Å². The third kappa shape index (κ3) is 2.82. The number of hydrogen-bond donors (Lipinski definition) is 2. The molecule has 0 fully saturated rings. The van der Waals surface area contributed by atoms with Gasteiger partial charge in [-0.3, -0.25) is 4.98 Å². The molecule has 0 amide bonds. The van der Waals surface area contributed by atoms with Crippen LogP contribution in [0.5, 0.6) is 5.75 Å². The molecule has 2 N–H and O–H groups in total. The predicted molar refractivity (Wildman–Crippen MR) is 72.2 cm³/mol. The van der Waals surface area contributed by atoms with Gasteiger partial charge in [0.25, 0.3) is 0 Å². The molecule has 2 aromatic rings. The van der Waals surface area contributed by atoms with Gasteiger partial charge in [0.2, 0.25) is 0 Å². The van der Waals surface area contributed by atoms with E-state index in [2.05, 4.69) is 10.3 Å². The van der Waals surface area contributed by atoms with Crippen LogP contribution in [0.1, 0.15) is 15.9 Å². The van der Waals surface area contributed by atoms with E-state index in [1.807, 2.05) is 25.1 Å². The van der Waals surface area contributed by atoms with Crippen LogP contribution in [0.4, 0.5) is 11.4 Å². The number of benzene rings is 1. The maximum atomic E-state index is 11.1. The number of rotatable bonds is 4. The number of nitrogens with one attached hydrogen (secondary N) is 1. The van der Waals surface area contributed by atoms with Gasteiger partial charge in [0.05, 0.1) is 24.6 Å². The summed E-state index contributed by atoms with van der Waals surface area (Å²) in [6.07, 6.45) is 2.95. The quantitative estimate of drug-likeness (QED) is 0.882. The number of nitrogens with zero attached hydrogens (tertiary/aromatic N) is 1. The van der Waals surface area contributed by atoms with Crippen molar-refractivity contribution < 1.29 is 14.6 Å². The Morgan fingerprint density at radius 1 is 1.32 bits per heavy atom. The summed E-state index contributed by atoms with van der Waals surface area (Å²) in [5.41, 5.74) is 2.42. The van der Waals surface area contributed by atoms with Crippen molar-refractivity contribution in [2.45, 2.75) is 6.92 Å². The smallest absolute Gasteiger partial charge is 0.337 e. The fourth-order valence-electron chi connectivity index (χ4n) is 1.73. The summed E-state index contributed by atoms with van der Waals surface area (Å²) in [7, 11) is 1.60. The molecular formula is C14H14N2O3. The van der Waals surface area contributed by atoms with Gasteiger partial charge < -0.3 is 15.2 Å². The third-order valence-electron chi connectivity index (χ3n) is 2.75. The topological polar surface area (TPSA) is 71.5 Å². The molecular weight excluding hydrogens is 244 g/mol. The van der Waals surface area contributed by atoms with Gasteiger partial charge in [-0.2, -0.15) is 0 Å². The van der Waals surface area contributed by atoms with E-state index in [4.69, 9.17) is 9.84 Å². The summed E-state index contributed by atoms with van der Waals surface area (Å²) in [5.74, 6) is -0.233. The predicted octanol–water partition coefficient (Wildman–Crippen LogP) is 2.84. The van der Waals surface area contributed by atoms with Crippen molar-refractivity contribution in [2.24, 2.45) is 0 Å². The molecule has 1 heterocycles. The van der Waals surface area contributed by atoms with Crippen LogP contribution in [0.3, 0.4) is 0 Å². The second-order valence-corrected chi connectivity index (χ2v) is 4.03. The Bertz CT molecular complexity index is 611. The van der Waals surface area contributed by atoms with Crippen LogP contribution in [0.15, 0.2) is 36.7 Å². The number of aryl methyl sites for hydroxylation is 1. The van der Waals surface area contributed by atoms with E-state index >= 15 is 0 Å². The maximum Gasteiger partial charge on any atom is 0.337 e. The second-order valence-electron chi connectivity index (χ2n) is 4.03. The Balaban J connectivity index is 2.34. The first-order valence-electron chi connectivity index (χ1n) is 5.71. The van der Waals surface area contributed by atoms with Crippen LogP contribution in [0.25, 0.3) is 0 Å². The number of ether oxygens (including phenoxy) is 1. The summed E-state index contributed by atoms with van der Waals surface area (Å²) in [6, 6.07) is 6.99. The lowest BCUT2D eigenvalue weighted by Crippen LogP contribution is -2.03. The highest BCUT2D eigenvalue weighted by molar-refractivity contribution is 5.94. The normalized spacial score (nSPS) is 10.0. The van der Waals surface area contributed by atoms with Gasteiger partial charge in [-0.1, -0.05) is 0 Å². The fourth-order valence-corrected chi connectivity index (χ4v) is 1.73. The van der Waals surface area contributed by atoms with Gasteiger partial charge in [-0.05, 0) is 36.8 Å². The SMILES string of the molecule is COc1ccc(Nc2cnccc2C(=O)O)c(C)c1. The Morgan fingerprint density at radius 2 is 2.11 bits per heavy atom. The number of anilines is 2. The number of aromatic carboxylic acids is 1. The number of carbonyl (C=O) groups is 1. The largest absolute Gasteiger partial charge is 0.497 e. The Kier molecular flexibility index (Phi) is 3.66. The highest BCUT2D eigenvalue weighted by Gasteiger charge is 2.10. The monoisotopic (exact) mass is 258 g/mol. The van der Waals surface area contributed by atoms with Crippen molar-refractivity contribution in [1.29, 1.82) is 0 Å². The van der Waals surface area contributed by atoms with E-state index in [-0.39, 0.29) is 5.56 Å². The van der Waals surface area contributed by atoms with Crippen LogP contribution in [-0.4, -0.2) is 23.2 Å². The molecule has 0 saturated carbocycles. The van der Waals surface area contributed by atoms with E-state index in [0.29, 0.717) is 5.69 Å². The molecule has 1 aromatic carbocycles. The highest BCUT2D eigenvalue weighted by Crippen LogP contribution is 2.25. The third-order valence-corrected chi connectivity index (χ3v) is 2.75. The average molecular weight is 258 g/mol. The molecule has 0 radical (unpaired) electrons. The van der Waals surface area contributed by atoms with Crippen LogP contribution < -0.4 is 10.1 Å². The summed E-state index contributed by atoms with van der Waals surface area (Å²) in [4.78, 5) is 15.0. The fraction of sp³-hybridized carbons (Fsp3) is 0.143. The molecule has 5 nitrogen and oxygen atoms in total. The van der Waals surface area contributed by atoms with Crippen molar-refractivity contribution in [3.05, 3.63) is 47.8 Å². The first kappa shape index (κ1) is 12.9. The van der Waals surface area contributed by atoms with Crippen LogP contribution in [-0.2, 0) is 0 Å². The Morgan fingerprint density at radius 3 is 2.74 bits per heavy atom. The highest BCUT2D eigenvalue weighted by atomic mass is 16.5. The molecule has 0 aliphatic heterocycles. The molecule has 0 saturated heterocycles. The number of pyridine rings is 1. The molecule has 5 heteroatoms. The second kappa shape index (κ2) is 5.39. The molecule has 98 valence electrons. The Labute approximate surface area is 110 Å². The first-order valence-corrected chi connectivity index (χ1v) is 5.71. The van der Waals surface area contributed by atoms with E-state index in [0.717, 1.165) is 17.0 Å². The minimum Gasteiger partial charge on any atom is -0.497 e. The van der Waals surface area contributed by atoms with Gasteiger partial charge >= 0.3 is 5.97 Å². The van der Waals surface area contributed by atoms with Crippen molar-refractivity contribution in [3.8, 4) is 5.75 Å². The van der Waals surface area contributed by atoms with Crippen LogP contribution in [0.2, 0.25) is 0 Å². The van der Waals surface area contributed by atoms with Gasteiger partial charge in [-0.15, -0.1) is 0 Å². The number of aromatic nitrogens is 1. The lowest BCUT2D eigenvalue weighted by molar-refractivity contribution is 0.0698. The standard InChI is InChI=1S/C14H14N2O3/c1-9-7-10(19-2)3-4-12(9)16-13-8-15-6-5-11(13)14(17)18/h3-8,16H,1-2H3,(H,17,18). The molecule has 0 bridgehead atoms. The number of carboxylic acid groups (broad SMARTS) is 1. The number of carboxylic acids is 1. The van der Waals surface area contributed by atoms with Gasteiger partial charge in [0.15, 0.2) is 0 Å². The van der Waals surface area contributed by atoms with Crippen molar-refractivity contribution in [3.63, 3.8) is 0 Å². The molecule has 0 atom stereocenters. The zero-order chi connectivity index (χ0) is 13.8. The minimum atomic E-state index is -0.990. The molecule has 0 aliphatic rings. The lowest BCUT2D eigenvalue weighted by Gasteiger charge is -2.12. The maximum absolute atomic E-state index is 11.1.